The van der Waals surface area contributed by atoms with Crippen molar-refractivity contribution < 1.29 is 19.1 Å². The fraction of sp³-hybridized carbons (Fsp3) is 0.286. The van der Waals surface area contributed by atoms with Crippen LogP contribution in [0.1, 0.15) is 6.42 Å². The number of carbonyl (C=O) groups excluding carboxylic acids is 2. The summed E-state index contributed by atoms with van der Waals surface area (Å²) in [5.74, 6) is 0.290. The van der Waals surface area contributed by atoms with Crippen LogP contribution < -0.4 is 20.1 Å². The molecule has 108 valence electrons. The first kappa shape index (κ1) is 15.6. The molecule has 0 radical (unpaired) electrons. The number of nitrogens with one attached hydrogen (secondary N) is 2. The van der Waals surface area contributed by atoms with Gasteiger partial charge in [0.2, 0.25) is 11.8 Å². The van der Waals surface area contributed by atoms with E-state index in [0.29, 0.717) is 23.7 Å². The number of methoxy groups -OCH3 is 2. The standard InChI is InChI=1S/C14H18N2O4/c1-4-7-15-13(17)9-14(18)16-11-6-5-10(19-2)8-12(11)20-3/h4-6,8H,1,7,9H2,2-3H3,(H,15,17)(H,16,18). The summed E-state index contributed by atoms with van der Waals surface area (Å²) in [5, 5.41) is 5.14. The molecule has 0 aliphatic rings. The Balaban J connectivity index is 2.65. The summed E-state index contributed by atoms with van der Waals surface area (Å²) in [4.78, 5) is 23.1. The second-order valence-electron chi connectivity index (χ2n) is 3.88. The average molecular weight is 278 g/mol. The lowest BCUT2D eigenvalue weighted by molar-refractivity contribution is -0.126. The van der Waals surface area contributed by atoms with Gasteiger partial charge in [-0.2, -0.15) is 0 Å². The van der Waals surface area contributed by atoms with Gasteiger partial charge in [-0.25, -0.2) is 0 Å². The third-order valence-corrected chi connectivity index (χ3v) is 2.45. The maximum absolute atomic E-state index is 11.7. The number of ether oxygens (including phenoxy) is 2. The average Bonchev–Trinajstić information content (AvgIpc) is 2.45. The lowest BCUT2D eigenvalue weighted by atomic mass is 10.2. The third-order valence-electron chi connectivity index (χ3n) is 2.45. The summed E-state index contributed by atoms with van der Waals surface area (Å²) in [5.41, 5.74) is 0.481. The van der Waals surface area contributed by atoms with E-state index in [1.54, 1.807) is 24.3 Å². The van der Waals surface area contributed by atoms with E-state index >= 15 is 0 Å². The minimum Gasteiger partial charge on any atom is -0.497 e. The van der Waals surface area contributed by atoms with Crippen LogP contribution >= 0.6 is 0 Å². The minimum atomic E-state index is -0.421. The number of benzene rings is 1. The van der Waals surface area contributed by atoms with E-state index in [9.17, 15) is 9.59 Å². The van der Waals surface area contributed by atoms with Crippen molar-refractivity contribution in [3.8, 4) is 11.5 Å². The van der Waals surface area contributed by atoms with Gasteiger partial charge in [0.05, 0.1) is 19.9 Å². The Hall–Kier alpha value is -2.50. The van der Waals surface area contributed by atoms with Gasteiger partial charge in [0.25, 0.3) is 0 Å². The number of carbonyl (C=O) groups is 2. The number of hydrogen-bond donors (Lipinski definition) is 2. The summed E-state index contributed by atoms with van der Waals surface area (Å²) in [6.07, 6.45) is 1.28. The van der Waals surface area contributed by atoms with Gasteiger partial charge in [-0.05, 0) is 12.1 Å². The zero-order valence-corrected chi connectivity index (χ0v) is 11.6. The van der Waals surface area contributed by atoms with Crippen molar-refractivity contribution in [2.24, 2.45) is 0 Å². The molecule has 1 rings (SSSR count). The molecule has 0 bridgehead atoms. The van der Waals surface area contributed by atoms with Crippen LogP contribution in [0.2, 0.25) is 0 Å². The molecule has 20 heavy (non-hydrogen) atoms. The van der Waals surface area contributed by atoms with E-state index < -0.39 is 5.91 Å². The smallest absolute Gasteiger partial charge is 0.233 e. The second kappa shape index (κ2) is 7.83. The molecular weight excluding hydrogens is 260 g/mol. The minimum absolute atomic E-state index is 0.261. The van der Waals surface area contributed by atoms with E-state index in [2.05, 4.69) is 17.2 Å². The zero-order chi connectivity index (χ0) is 15.0. The molecule has 1 aromatic carbocycles. The van der Waals surface area contributed by atoms with Crippen LogP contribution in [0.4, 0.5) is 5.69 Å². The van der Waals surface area contributed by atoms with Crippen molar-refractivity contribution in [3.05, 3.63) is 30.9 Å². The van der Waals surface area contributed by atoms with Crippen LogP contribution in [0.25, 0.3) is 0 Å². The van der Waals surface area contributed by atoms with Crippen molar-refractivity contribution >= 4 is 17.5 Å². The normalized spacial score (nSPS) is 9.50. The van der Waals surface area contributed by atoms with Crippen LogP contribution in [0.5, 0.6) is 11.5 Å². The van der Waals surface area contributed by atoms with Crippen molar-refractivity contribution in [2.75, 3.05) is 26.1 Å². The zero-order valence-electron chi connectivity index (χ0n) is 11.6. The molecule has 6 heteroatoms. The summed E-state index contributed by atoms with van der Waals surface area (Å²) < 4.78 is 10.2. The highest BCUT2D eigenvalue weighted by molar-refractivity contribution is 6.04. The molecule has 6 nitrogen and oxygen atoms in total. The van der Waals surface area contributed by atoms with E-state index in [1.165, 1.54) is 14.2 Å². The third kappa shape index (κ3) is 4.64. The highest BCUT2D eigenvalue weighted by atomic mass is 16.5. The van der Waals surface area contributed by atoms with Crippen LogP contribution in [0.3, 0.4) is 0 Å². The van der Waals surface area contributed by atoms with Gasteiger partial charge in [-0.15, -0.1) is 6.58 Å². The second-order valence-corrected chi connectivity index (χ2v) is 3.88. The molecule has 0 heterocycles. The molecule has 2 N–H and O–H groups in total. The van der Waals surface area contributed by atoms with E-state index in [-0.39, 0.29) is 12.3 Å². The van der Waals surface area contributed by atoms with Crippen LogP contribution in [-0.2, 0) is 9.59 Å². The van der Waals surface area contributed by atoms with Crippen LogP contribution in [0, 0.1) is 0 Å². The first-order valence-electron chi connectivity index (χ1n) is 6.00. The van der Waals surface area contributed by atoms with Gasteiger partial charge in [-0.3, -0.25) is 9.59 Å². The fourth-order valence-corrected chi connectivity index (χ4v) is 1.49. The van der Waals surface area contributed by atoms with E-state index in [1.807, 2.05) is 0 Å². The molecule has 0 spiro atoms. The molecule has 0 fully saturated rings. The van der Waals surface area contributed by atoms with Gasteiger partial charge >= 0.3 is 0 Å². The molecule has 0 aliphatic heterocycles. The van der Waals surface area contributed by atoms with Crippen molar-refractivity contribution in [1.29, 1.82) is 0 Å². The van der Waals surface area contributed by atoms with Gasteiger partial charge < -0.3 is 20.1 Å². The Morgan fingerprint density at radius 1 is 1.25 bits per heavy atom. The first-order chi connectivity index (χ1) is 9.60. The number of rotatable bonds is 7. The van der Waals surface area contributed by atoms with Crippen molar-refractivity contribution in [1.82, 2.24) is 5.32 Å². The Morgan fingerprint density at radius 3 is 2.60 bits per heavy atom. The van der Waals surface area contributed by atoms with Crippen molar-refractivity contribution in [3.63, 3.8) is 0 Å². The molecule has 0 aliphatic carbocycles. The topological polar surface area (TPSA) is 76.7 Å². The molecule has 0 saturated heterocycles. The maximum atomic E-state index is 11.7. The van der Waals surface area contributed by atoms with Gasteiger partial charge in [0.1, 0.15) is 17.9 Å². The predicted molar refractivity (Wildman–Crippen MR) is 76.0 cm³/mol. The van der Waals surface area contributed by atoms with Crippen LogP contribution in [-0.4, -0.2) is 32.6 Å². The molecule has 0 unspecified atom stereocenters. The van der Waals surface area contributed by atoms with Gasteiger partial charge in [-0.1, -0.05) is 6.08 Å². The highest BCUT2D eigenvalue weighted by Gasteiger charge is 2.12. The first-order valence-corrected chi connectivity index (χ1v) is 6.00. The number of amides is 2. The van der Waals surface area contributed by atoms with E-state index in [4.69, 9.17) is 9.47 Å². The highest BCUT2D eigenvalue weighted by Crippen LogP contribution is 2.28. The Morgan fingerprint density at radius 2 is 2.00 bits per heavy atom. The summed E-state index contributed by atoms with van der Waals surface area (Å²) >= 11 is 0. The SMILES string of the molecule is C=CCNC(=O)CC(=O)Nc1ccc(OC)cc1OC. The summed E-state index contributed by atoms with van der Waals surface area (Å²) in [6, 6.07) is 4.99. The van der Waals surface area contributed by atoms with Gasteiger partial charge in [0.15, 0.2) is 0 Å². The molecule has 0 aromatic heterocycles. The molecule has 0 saturated carbocycles. The van der Waals surface area contributed by atoms with Crippen molar-refractivity contribution in [2.45, 2.75) is 6.42 Å². The molecule has 1 aromatic rings. The lowest BCUT2D eigenvalue weighted by Gasteiger charge is -2.11. The Bertz CT molecular complexity index is 500. The predicted octanol–water partition coefficient (Wildman–Crippen LogP) is 1.33. The number of anilines is 1. The van der Waals surface area contributed by atoms with Crippen LogP contribution in [0.15, 0.2) is 30.9 Å². The lowest BCUT2D eigenvalue weighted by Crippen LogP contribution is -2.28. The van der Waals surface area contributed by atoms with E-state index in [0.717, 1.165) is 0 Å². The largest absolute Gasteiger partial charge is 0.497 e. The summed E-state index contributed by atoms with van der Waals surface area (Å²) in [7, 11) is 3.03. The van der Waals surface area contributed by atoms with Gasteiger partial charge in [0, 0.05) is 12.6 Å². The molecular formula is C14H18N2O4. The fourth-order valence-electron chi connectivity index (χ4n) is 1.49. The Labute approximate surface area is 117 Å². The maximum Gasteiger partial charge on any atom is 0.233 e. The quantitative estimate of drug-likeness (QED) is 0.583. The Kier molecular flexibility index (Phi) is 6.09. The molecule has 0 atom stereocenters. The monoisotopic (exact) mass is 278 g/mol. The number of hydrogen-bond acceptors (Lipinski definition) is 4. The molecule has 2 amide bonds. The summed E-state index contributed by atoms with van der Waals surface area (Å²) in [6.45, 7) is 3.81.